The maximum absolute atomic E-state index is 5.66. The lowest BCUT2D eigenvalue weighted by molar-refractivity contribution is 0.185. The van der Waals surface area contributed by atoms with Gasteiger partial charge in [-0.15, -0.1) is 0 Å². The number of anilines is 2. The highest BCUT2D eigenvalue weighted by Crippen LogP contribution is 2.34. The molecule has 2 atom stereocenters. The molecule has 1 aromatic carbocycles. The van der Waals surface area contributed by atoms with E-state index in [0.29, 0.717) is 12.0 Å². The normalized spacial score (nSPS) is 27.0. The molecule has 0 aromatic heterocycles. The first-order chi connectivity index (χ1) is 8.40. The lowest BCUT2D eigenvalue weighted by atomic mass is 10.0. The van der Waals surface area contributed by atoms with Gasteiger partial charge in [-0.2, -0.15) is 0 Å². The summed E-state index contributed by atoms with van der Waals surface area (Å²) in [7, 11) is 0. The molecule has 1 saturated heterocycles. The minimum atomic E-state index is 0.547. The van der Waals surface area contributed by atoms with E-state index in [4.69, 9.17) is 4.74 Å². The van der Waals surface area contributed by atoms with Crippen molar-refractivity contribution in [2.75, 3.05) is 36.5 Å². The van der Waals surface area contributed by atoms with Crippen molar-refractivity contribution in [3.05, 3.63) is 24.3 Å². The maximum Gasteiger partial charge on any atom is 0.0674 e. The van der Waals surface area contributed by atoms with E-state index in [2.05, 4.69) is 41.4 Å². The molecule has 17 heavy (non-hydrogen) atoms. The molecule has 1 fully saturated rings. The molecule has 0 spiro atoms. The molecule has 2 unspecified atom stereocenters. The lowest BCUT2D eigenvalue weighted by Crippen LogP contribution is -2.41. The summed E-state index contributed by atoms with van der Waals surface area (Å²) in [6.07, 6.45) is 1.18. The Hall–Kier alpha value is -1.22. The Morgan fingerprint density at radius 1 is 1.35 bits per heavy atom. The number of benzene rings is 1. The number of para-hydroxylation sites is 2. The van der Waals surface area contributed by atoms with Crippen molar-refractivity contribution in [3.63, 3.8) is 0 Å². The third-order valence-electron chi connectivity index (χ3n) is 3.80. The molecule has 0 radical (unpaired) electrons. The van der Waals surface area contributed by atoms with Crippen molar-refractivity contribution < 1.29 is 4.74 Å². The zero-order valence-electron chi connectivity index (χ0n) is 10.4. The van der Waals surface area contributed by atoms with E-state index in [1.807, 2.05) is 0 Å². The lowest BCUT2D eigenvalue weighted by Gasteiger charge is -2.31. The van der Waals surface area contributed by atoms with E-state index in [0.717, 1.165) is 26.3 Å². The first kappa shape index (κ1) is 10.9. The molecule has 2 aliphatic rings. The SMILES string of the molecule is CCCN1c2ccccc2NCC2COCC21. The molecule has 3 rings (SSSR count). The van der Waals surface area contributed by atoms with Gasteiger partial charge in [0.15, 0.2) is 0 Å². The Kier molecular flexibility index (Phi) is 2.93. The van der Waals surface area contributed by atoms with Crippen molar-refractivity contribution in [1.29, 1.82) is 0 Å². The number of hydrogen-bond donors (Lipinski definition) is 1. The summed E-state index contributed by atoms with van der Waals surface area (Å²) in [6, 6.07) is 9.18. The van der Waals surface area contributed by atoms with Gasteiger partial charge in [0.2, 0.25) is 0 Å². The Bertz CT molecular complexity index is 394. The van der Waals surface area contributed by atoms with E-state index < -0.39 is 0 Å². The summed E-state index contributed by atoms with van der Waals surface area (Å²) >= 11 is 0. The summed E-state index contributed by atoms with van der Waals surface area (Å²) in [5, 5.41) is 3.56. The highest BCUT2D eigenvalue weighted by atomic mass is 16.5. The van der Waals surface area contributed by atoms with Crippen molar-refractivity contribution in [1.82, 2.24) is 0 Å². The summed E-state index contributed by atoms with van der Waals surface area (Å²) in [5.74, 6) is 0.619. The van der Waals surface area contributed by atoms with Gasteiger partial charge in [0.25, 0.3) is 0 Å². The molecule has 0 aliphatic carbocycles. The molecule has 0 amide bonds. The maximum atomic E-state index is 5.66. The molecular formula is C14H20N2O. The van der Waals surface area contributed by atoms with E-state index in [-0.39, 0.29) is 0 Å². The van der Waals surface area contributed by atoms with Crippen LogP contribution >= 0.6 is 0 Å². The molecule has 0 saturated carbocycles. The third kappa shape index (κ3) is 1.89. The molecule has 1 N–H and O–H groups in total. The highest BCUT2D eigenvalue weighted by Gasteiger charge is 2.35. The van der Waals surface area contributed by atoms with Crippen LogP contribution in [-0.2, 0) is 4.74 Å². The van der Waals surface area contributed by atoms with Gasteiger partial charge in [0.05, 0.1) is 30.6 Å². The number of ether oxygens (including phenoxy) is 1. The molecule has 1 aromatic rings. The standard InChI is InChI=1S/C14H20N2O/c1-2-7-16-13-6-4-3-5-12(13)15-8-11-9-17-10-14(11)16/h3-6,11,14-15H,2,7-10H2,1H3. The number of hydrogen-bond acceptors (Lipinski definition) is 3. The zero-order chi connectivity index (χ0) is 11.7. The van der Waals surface area contributed by atoms with Crippen molar-refractivity contribution in [2.24, 2.45) is 5.92 Å². The number of fused-ring (bicyclic) bond motifs is 2. The minimum absolute atomic E-state index is 0.547. The van der Waals surface area contributed by atoms with Crippen LogP contribution in [0.4, 0.5) is 11.4 Å². The topological polar surface area (TPSA) is 24.5 Å². The molecule has 0 bridgehead atoms. The van der Waals surface area contributed by atoms with Crippen molar-refractivity contribution >= 4 is 11.4 Å². The van der Waals surface area contributed by atoms with E-state index in [1.54, 1.807) is 0 Å². The van der Waals surface area contributed by atoms with Gasteiger partial charge in [-0.05, 0) is 18.6 Å². The van der Waals surface area contributed by atoms with Crippen molar-refractivity contribution in [2.45, 2.75) is 19.4 Å². The molecule has 92 valence electrons. The van der Waals surface area contributed by atoms with Crippen LogP contribution in [-0.4, -0.2) is 32.3 Å². The summed E-state index contributed by atoms with van der Waals surface area (Å²) in [5.41, 5.74) is 2.61. The van der Waals surface area contributed by atoms with Crippen LogP contribution in [0.3, 0.4) is 0 Å². The van der Waals surface area contributed by atoms with E-state index in [1.165, 1.54) is 17.8 Å². The molecular weight excluding hydrogens is 212 g/mol. The van der Waals surface area contributed by atoms with E-state index in [9.17, 15) is 0 Å². The predicted octanol–water partition coefficient (Wildman–Crippen LogP) is 2.34. The van der Waals surface area contributed by atoms with Gasteiger partial charge in [0.1, 0.15) is 0 Å². The van der Waals surface area contributed by atoms with Crippen LogP contribution in [0.15, 0.2) is 24.3 Å². The largest absolute Gasteiger partial charge is 0.383 e. The fourth-order valence-corrected chi connectivity index (χ4v) is 2.95. The van der Waals surface area contributed by atoms with Crippen molar-refractivity contribution in [3.8, 4) is 0 Å². The Morgan fingerprint density at radius 2 is 2.24 bits per heavy atom. The molecule has 2 aliphatic heterocycles. The molecule has 3 nitrogen and oxygen atoms in total. The van der Waals surface area contributed by atoms with E-state index >= 15 is 0 Å². The summed E-state index contributed by atoms with van der Waals surface area (Å²) < 4.78 is 5.66. The van der Waals surface area contributed by atoms with Gasteiger partial charge in [-0.1, -0.05) is 19.1 Å². The van der Waals surface area contributed by atoms with Crippen LogP contribution in [0.2, 0.25) is 0 Å². The fourth-order valence-electron chi connectivity index (χ4n) is 2.95. The second-order valence-electron chi connectivity index (χ2n) is 4.96. The molecule has 3 heteroatoms. The summed E-state index contributed by atoms with van der Waals surface area (Å²) in [6.45, 7) is 6.16. The number of rotatable bonds is 2. The Morgan fingerprint density at radius 3 is 3.12 bits per heavy atom. The average molecular weight is 232 g/mol. The van der Waals surface area contributed by atoms with Gasteiger partial charge in [0, 0.05) is 19.0 Å². The average Bonchev–Trinajstić information content (AvgIpc) is 2.77. The highest BCUT2D eigenvalue weighted by molar-refractivity contribution is 5.71. The minimum Gasteiger partial charge on any atom is -0.383 e. The van der Waals surface area contributed by atoms with Gasteiger partial charge >= 0.3 is 0 Å². The van der Waals surface area contributed by atoms with Gasteiger partial charge in [-0.3, -0.25) is 0 Å². The second-order valence-corrected chi connectivity index (χ2v) is 4.96. The summed E-state index contributed by atoms with van der Waals surface area (Å²) in [4.78, 5) is 2.53. The second kappa shape index (κ2) is 4.57. The first-order valence-electron chi connectivity index (χ1n) is 6.57. The van der Waals surface area contributed by atoms with Crippen LogP contribution in [0.25, 0.3) is 0 Å². The van der Waals surface area contributed by atoms with Gasteiger partial charge in [-0.25, -0.2) is 0 Å². The molecule has 2 heterocycles. The van der Waals surface area contributed by atoms with Crippen LogP contribution in [0, 0.1) is 5.92 Å². The number of nitrogens with one attached hydrogen (secondary N) is 1. The first-order valence-corrected chi connectivity index (χ1v) is 6.57. The Labute approximate surface area is 103 Å². The van der Waals surface area contributed by atoms with Crippen LogP contribution < -0.4 is 10.2 Å². The van der Waals surface area contributed by atoms with Gasteiger partial charge < -0.3 is 15.0 Å². The monoisotopic (exact) mass is 232 g/mol. The zero-order valence-corrected chi connectivity index (χ0v) is 10.4. The third-order valence-corrected chi connectivity index (χ3v) is 3.80. The quantitative estimate of drug-likeness (QED) is 0.847. The smallest absolute Gasteiger partial charge is 0.0674 e. The fraction of sp³-hybridized carbons (Fsp3) is 0.571. The van der Waals surface area contributed by atoms with Crippen LogP contribution in [0.5, 0.6) is 0 Å². The predicted molar refractivity (Wildman–Crippen MR) is 70.7 cm³/mol. The Balaban J connectivity index is 1.98. The van der Waals surface area contributed by atoms with Crippen LogP contribution in [0.1, 0.15) is 13.3 Å². The number of nitrogens with zero attached hydrogens (tertiary/aromatic N) is 1.